The first-order valence-electron chi connectivity index (χ1n) is 10.9. The van der Waals surface area contributed by atoms with Gasteiger partial charge in [-0.1, -0.05) is 51.1 Å². The lowest BCUT2D eigenvalue weighted by Gasteiger charge is -2.51. The quantitative estimate of drug-likeness (QED) is 0.350. The van der Waals surface area contributed by atoms with Gasteiger partial charge in [0.2, 0.25) is 5.91 Å². The molecule has 0 bridgehead atoms. The largest absolute Gasteiger partial charge is 0.497 e. The summed E-state index contributed by atoms with van der Waals surface area (Å²) in [5, 5.41) is 0.163. The fraction of sp³-hybridized carbons (Fsp3) is 0.480. The number of likely N-dealkylation sites (tertiary alicyclic amines) is 1. The number of carbonyl (C=O) groups is 1. The van der Waals surface area contributed by atoms with Gasteiger partial charge in [-0.05, 0) is 54.9 Å². The summed E-state index contributed by atoms with van der Waals surface area (Å²) in [6.45, 7) is 13.9. The predicted molar refractivity (Wildman–Crippen MR) is 131 cm³/mol. The van der Waals surface area contributed by atoms with Crippen LogP contribution in [0.4, 0.5) is 0 Å². The summed E-state index contributed by atoms with van der Waals surface area (Å²) in [4.78, 5) is 16.4. The highest BCUT2D eigenvalue weighted by Crippen LogP contribution is 2.45. The third-order valence-corrected chi connectivity index (χ3v) is 12.4. The Kier molecular flexibility index (Phi) is 7.23. The lowest BCUT2D eigenvalue weighted by atomic mass is 9.92. The van der Waals surface area contributed by atoms with Crippen LogP contribution in [0, 0.1) is 5.92 Å². The summed E-state index contributed by atoms with van der Waals surface area (Å²) >= 11 is 1.75. The van der Waals surface area contributed by atoms with E-state index in [1.54, 1.807) is 18.9 Å². The Morgan fingerprint density at radius 3 is 2.23 bits per heavy atom. The zero-order chi connectivity index (χ0) is 22.8. The minimum Gasteiger partial charge on any atom is -0.497 e. The van der Waals surface area contributed by atoms with Gasteiger partial charge in [-0.25, -0.2) is 0 Å². The molecule has 3 atom stereocenters. The van der Waals surface area contributed by atoms with Crippen molar-refractivity contribution in [2.24, 2.45) is 5.92 Å². The van der Waals surface area contributed by atoms with Gasteiger partial charge in [0.15, 0.2) is 8.32 Å². The number of thioether (sulfide) groups is 1. The molecule has 4 nitrogen and oxygen atoms in total. The molecule has 1 aliphatic rings. The van der Waals surface area contributed by atoms with Crippen LogP contribution in [0.3, 0.4) is 0 Å². The maximum atomic E-state index is 13.3. The third kappa shape index (κ3) is 5.36. The van der Waals surface area contributed by atoms with Crippen molar-refractivity contribution < 1.29 is 14.0 Å². The number of amides is 1. The Balaban J connectivity index is 1.80. The van der Waals surface area contributed by atoms with E-state index in [9.17, 15) is 4.79 Å². The van der Waals surface area contributed by atoms with Gasteiger partial charge in [-0.3, -0.25) is 4.79 Å². The van der Waals surface area contributed by atoms with Crippen LogP contribution in [0.5, 0.6) is 5.75 Å². The first-order chi connectivity index (χ1) is 14.5. The Bertz CT molecular complexity index is 880. The zero-order valence-electron chi connectivity index (χ0n) is 19.7. The van der Waals surface area contributed by atoms with Crippen LogP contribution in [0.2, 0.25) is 18.1 Å². The molecule has 2 aromatic carbocycles. The van der Waals surface area contributed by atoms with Crippen LogP contribution in [0.25, 0.3) is 0 Å². The van der Waals surface area contributed by atoms with Crippen molar-refractivity contribution in [2.45, 2.75) is 68.7 Å². The van der Waals surface area contributed by atoms with E-state index in [0.29, 0.717) is 6.54 Å². The summed E-state index contributed by atoms with van der Waals surface area (Å²) in [6, 6.07) is 18.3. The number of nitrogens with zero attached hydrogens (tertiary/aromatic N) is 1. The van der Waals surface area contributed by atoms with Gasteiger partial charge in [-0.2, -0.15) is 0 Å². The second-order valence-electron chi connectivity index (χ2n) is 9.74. The van der Waals surface area contributed by atoms with Crippen molar-refractivity contribution in [3.05, 3.63) is 60.2 Å². The molecule has 1 fully saturated rings. The molecule has 1 aliphatic heterocycles. The molecular weight excluding hydrogens is 422 g/mol. The highest BCUT2D eigenvalue weighted by atomic mass is 32.2. The Hall–Kier alpha value is -1.76. The molecule has 0 aromatic heterocycles. The van der Waals surface area contributed by atoms with Gasteiger partial charge in [0.25, 0.3) is 0 Å². The zero-order valence-corrected chi connectivity index (χ0v) is 21.5. The van der Waals surface area contributed by atoms with Crippen molar-refractivity contribution in [1.29, 1.82) is 0 Å². The Labute approximate surface area is 192 Å². The van der Waals surface area contributed by atoms with Crippen LogP contribution < -0.4 is 4.74 Å². The number of β-lactam (4-membered cyclic amide) rings is 1. The fourth-order valence-corrected chi connectivity index (χ4v) is 6.38. The van der Waals surface area contributed by atoms with E-state index in [-0.39, 0.29) is 28.3 Å². The van der Waals surface area contributed by atoms with Crippen molar-refractivity contribution >= 4 is 26.0 Å². The second-order valence-corrected chi connectivity index (χ2v) is 15.7. The van der Waals surface area contributed by atoms with E-state index in [1.807, 2.05) is 47.4 Å². The van der Waals surface area contributed by atoms with Gasteiger partial charge in [0.1, 0.15) is 5.75 Å². The summed E-state index contributed by atoms with van der Waals surface area (Å²) < 4.78 is 11.9. The molecule has 6 heteroatoms. The summed E-state index contributed by atoms with van der Waals surface area (Å²) in [6.07, 6.45) is -0.110. The van der Waals surface area contributed by atoms with Crippen LogP contribution >= 0.6 is 11.8 Å². The number of methoxy groups -OCH3 is 1. The molecule has 1 heterocycles. The topological polar surface area (TPSA) is 38.8 Å². The number of benzene rings is 2. The number of hydrogen-bond donors (Lipinski definition) is 0. The SMILES string of the molecule is COc1ccc(CN2C(=O)[C@H]([C@@H](C)O[Si](C)(C)C(C)(C)C)C2Sc2ccccc2)cc1. The molecule has 31 heavy (non-hydrogen) atoms. The number of rotatable bonds is 8. The summed E-state index contributed by atoms with van der Waals surface area (Å²) in [5.41, 5.74) is 1.10. The van der Waals surface area contributed by atoms with Crippen molar-refractivity contribution in [1.82, 2.24) is 4.90 Å². The van der Waals surface area contributed by atoms with Crippen molar-refractivity contribution in [3.8, 4) is 5.75 Å². The van der Waals surface area contributed by atoms with Crippen molar-refractivity contribution in [3.63, 3.8) is 0 Å². The number of carbonyl (C=O) groups excluding carboxylic acids is 1. The van der Waals surface area contributed by atoms with Crippen LogP contribution in [0.15, 0.2) is 59.5 Å². The molecule has 0 radical (unpaired) electrons. The third-order valence-electron chi connectivity index (χ3n) is 6.49. The minimum absolute atomic E-state index is 0.0526. The van der Waals surface area contributed by atoms with E-state index >= 15 is 0 Å². The van der Waals surface area contributed by atoms with Gasteiger partial charge in [-0.15, -0.1) is 11.8 Å². The molecular formula is C25H35NO3SSi. The molecule has 1 amide bonds. The van der Waals surface area contributed by atoms with Crippen LogP contribution in [0.1, 0.15) is 33.3 Å². The predicted octanol–water partition coefficient (Wildman–Crippen LogP) is 6.18. The van der Waals surface area contributed by atoms with E-state index in [0.717, 1.165) is 11.3 Å². The number of ether oxygens (including phenoxy) is 1. The van der Waals surface area contributed by atoms with Gasteiger partial charge in [0.05, 0.1) is 24.5 Å². The Morgan fingerprint density at radius 1 is 1.06 bits per heavy atom. The molecule has 168 valence electrons. The molecule has 1 unspecified atom stereocenters. The van der Waals surface area contributed by atoms with E-state index in [1.165, 1.54) is 4.90 Å². The van der Waals surface area contributed by atoms with Crippen molar-refractivity contribution in [2.75, 3.05) is 7.11 Å². The maximum Gasteiger partial charge on any atom is 0.232 e. The minimum atomic E-state index is -1.96. The smallest absolute Gasteiger partial charge is 0.232 e. The van der Waals surface area contributed by atoms with E-state index in [4.69, 9.17) is 9.16 Å². The summed E-state index contributed by atoms with van der Waals surface area (Å²) in [7, 11) is -0.303. The van der Waals surface area contributed by atoms with Crippen LogP contribution in [-0.2, 0) is 15.8 Å². The second kappa shape index (κ2) is 9.39. The highest BCUT2D eigenvalue weighted by molar-refractivity contribution is 8.00. The first-order valence-corrected chi connectivity index (χ1v) is 14.7. The molecule has 2 aromatic rings. The standard InChI is InChI=1S/C25H35NO3SSi/c1-18(29-31(6,7)25(2,3)4)22-23(27)26(17-19-13-15-20(28-5)16-14-19)24(22)30-21-11-9-8-10-12-21/h8-16,18,22,24H,17H2,1-7H3/t18-,22+,24?/m1/s1. The average molecular weight is 458 g/mol. The molecule has 3 rings (SSSR count). The lowest BCUT2D eigenvalue weighted by molar-refractivity contribution is -0.157. The van der Waals surface area contributed by atoms with E-state index < -0.39 is 8.32 Å². The van der Waals surface area contributed by atoms with E-state index in [2.05, 4.69) is 52.9 Å². The average Bonchev–Trinajstić information content (AvgIpc) is 2.71. The molecule has 0 saturated carbocycles. The first kappa shape index (κ1) is 23.9. The van der Waals surface area contributed by atoms with Crippen LogP contribution in [-0.4, -0.2) is 37.7 Å². The maximum absolute atomic E-state index is 13.3. The lowest BCUT2D eigenvalue weighted by Crippen LogP contribution is -2.63. The molecule has 0 aliphatic carbocycles. The molecule has 0 N–H and O–H groups in total. The normalized spacial score (nSPS) is 20.4. The van der Waals surface area contributed by atoms with Gasteiger partial charge in [0, 0.05) is 11.4 Å². The van der Waals surface area contributed by atoms with Gasteiger partial charge >= 0.3 is 0 Å². The molecule has 0 spiro atoms. The number of hydrogen-bond acceptors (Lipinski definition) is 4. The monoisotopic (exact) mass is 457 g/mol. The molecule has 1 saturated heterocycles. The fourth-order valence-electron chi connectivity index (χ4n) is 3.57. The Morgan fingerprint density at radius 2 is 1.68 bits per heavy atom. The highest BCUT2D eigenvalue weighted by Gasteiger charge is 2.52. The van der Waals surface area contributed by atoms with Gasteiger partial charge < -0.3 is 14.1 Å². The summed E-state index contributed by atoms with van der Waals surface area (Å²) in [5.74, 6) is 0.858.